The topological polar surface area (TPSA) is 88.2 Å². The molecule has 0 saturated heterocycles. The molecule has 1 aliphatic heterocycles. The number of benzene rings is 1. The van der Waals surface area contributed by atoms with E-state index in [2.05, 4.69) is 15.0 Å². The SMILES string of the molecule is O=C1NCCCc2nc(NS(=O)(=O)Cc3ccc(Cl)cc3)sc21. The molecule has 0 aliphatic carbocycles. The van der Waals surface area contributed by atoms with Gasteiger partial charge in [0.05, 0.1) is 11.4 Å². The number of carbonyl (C=O) groups excluding carboxylic acids is 1. The summed E-state index contributed by atoms with van der Waals surface area (Å²) in [4.78, 5) is 16.6. The number of fused-ring (bicyclic) bond motifs is 1. The van der Waals surface area contributed by atoms with Gasteiger partial charge in [-0.25, -0.2) is 13.4 Å². The Kier molecular flexibility index (Phi) is 4.56. The van der Waals surface area contributed by atoms with Gasteiger partial charge in [0.15, 0.2) is 5.13 Å². The normalized spacial score (nSPS) is 14.7. The first-order chi connectivity index (χ1) is 10.9. The number of aryl methyl sites for hydroxylation is 1. The fraction of sp³-hybridized carbons (Fsp3) is 0.286. The van der Waals surface area contributed by atoms with Crippen LogP contribution in [0.4, 0.5) is 5.13 Å². The number of nitrogens with zero attached hydrogens (tertiary/aromatic N) is 1. The summed E-state index contributed by atoms with van der Waals surface area (Å²) in [6.07, 6.45) is 1.45. The molecule has 3 rings (SSSR count). The monoisotopic (exact) mass is 371 g/mol. The Bertz CT molecular complexity index is 831. The molecule has 1 aliphatic rings. The van der Waals surface area contributed by atoms with Crippen LogP contribution < -0.4 is 10.0 Å². The summed E-state index contributed by atoms with van der Waals surface area (Å²) in [6.45, 7) is 0.611. The number of halogens is 1. The van der Waals surface area contributed by atoms with E-state index in [1.54, 1.807) is 24.3 Å². The minimum Gasteiger partial charge on any atom is -0.351 e. The average Bonchev–Trinajstić information content (AvgIpc) is 2.79. The number of hydrogen-bond acceptors (Lipinski definition) is 5. The smallest absolute Gasteiger partial charge is 0.263 e. The number of hydrogen-bond donors (Lipinski definition) is 2. The van der Waals surface area contributed by atoms with Crippen molar-refractivity contribution in [2.75, 3.05) is 11.3 Å². The van der Waals surface area contributed by atoms with Gasteiger partial charge in [-0.1, -0.05) is 35.1 Å². The van der Waals surface area contributed by atoms with E-state index >= 15 is 0 Å². The van der Waals surface area contributed by atoms with E-state index < -0.39 is 10.0 Å². The van der Waals surface area contributed by atoms with Gasteiger partial charge in [0.25, 0.3) is 5.91 Å². The second-order valence-corrected chi connectivity index (χ2v) is 8.30. The molecule has 23 heavy (non-hydrogen) atoms. The average molecular weight is 372 g/mol. The lowest BCUT2D eigenvalue weighted by Gasteiger charge is -2.05. The van der Waals surface area contributed by atoms with E-state index in [4.69, 9.17) is 11.6 Å². The van der Waals surface area contributed by atoms with Crippen LogP contribution in [0.2, 0.25) is 5.02 Å². The lowest BCUT2D eigenvalue weighted by atomic mass is 10.2. The second kappa shape index (κ2) is 6.46. The fourth-order valence-electron chi connectivity index (χ4n) is 2.25. The molecule has 1 aromatic heterocycles. The summed E-state index contributed by atoms with van der Waals surface area (Å²) < 4.78 is 26.9. The van der Waals surface area contributed by atoms with Crippen molar-refractivity contribution in [3.05, 3.63) is 45.4 Å². The molecule has 2 heterocycles. The van der Waals surface area contributed by atoms with Crippen molar-refractivity contribution in [3.63, 3.8) is 0 Å². The van der Waals surface area contributed by atoms with Crippen LogP contribution in [0.3, 0.4) is 0 Å². The van der Waals surface area contributed by atoms with Gasteiger partial charge >= 0.3 is 0 Å². The van der Waals surface area contributed by atoms with Gasteiger partial charge in [0.2, 0.25) is 10.0 Å². The van der Waals surface area contributed by atoms with Gasteiger partial charge in [-0.05, 0) is 30.5 Å². The third kappa shape index (κ3) is 4.01. The van der Waals surface area contributed by atoms with E-state index in [0.29, 0.717) is 34.1 Å². The van der Waals surface area contributed by atoms with Crippen molar-refractivity contribution in [2.24, 2.45) is 0 Å². The third-order valence-electron chi connectivity index (χ3n) is 3.29. The van der Waals surface area contributed by atoms with Gasteiger partial charge < -0.3 is 5.32 Å². The number of amides is 1. The predicted molar refractivity (Wildman–Crippen MR) is 90.5 cm³/mol. The highest BCUT2D eigenvalue weighted by Gasteiger charge is 2.22. The Morgan fingerprint density at radius 1 is 1.30 bits per heavy atom. The zero-order chi connectivity index (χ0) is 16.4. The molecule has 0 unspecified atom stereocenters. The summed E-state index contributed by atoms with van der Waals surface area (Å²) >= 11 is 6.85. The Labute approximate surface area is 142 Å². The van der Waals surface area contributed by atoms with Gasteiger partial charge in [-0.2, -0.15) is 0 Å². The first-order valence-corrected chi connectivity index (χ1v) is 9.80. The highest BCUT2D eigenvalue weighted by atomic mass is 35.5. The van der Waals surface area contributed by atoms with Crippen molar-refractivity contribution in [1.29, 1.82) is 0 Å². The molecule has 2 N–H and O–H groups in total. The quantitative estimate of drug-likeness (QED) is 0.863. The molecule has 2 aromatic rings. The minimum atomic E-state index is -3.60. The van der Waals surface area contributed by atoms with Crippen molar-refractivity contribution < 1.29 is 13.2 Å². The largest absolute Gasteiger partial charge is 0.351 e. The second-order valence-electron chi connectivity index (χ2n) is 5.14. The van der Waals surface area contributed by atoms with E-state index in [-0.39, 0.29) is 16.8 Å². The first-order valence-electron chi connectivity index (χ1n) is 6.96. The molecular formula is C14H14ClN3O3S2. The van der Waals surface area contributed by atoms with Gasteiger partial charge in [-0.3, -0.25) is 9.52 Å². The minimum absolute atomic E-state index is 0.180. The molecule has 0 radical (unpaired) electrons. The summed E-state index contributed by atoms with van der Waals surface area (Å²) in [5, 5.41) is 3.54. The van der Waals surface area contributed by atoms with Crippen LogP contribution in [0, 0.1) is 0 Å². The molecule has 0 fully saturated rings. The molecule has 6 nitrogen and oxygen atoms in total. The van der Waals surface area contributed by atoms with Crippen molar-refractivity contribution in [1.82, 2.24) is 10.3 Å². The van der Waals surface area contributed by atoms with Crippen LogP contribution in [-0.2, 0) is 22.2 Å². The van der Waals surface area contributed by atoms with Crippen LogP contribution in [0.1, 0.15) is 27.3 Å². The number of thiazole rings is 1. The molecular weight excluding hydrogens is 358 g/mol. The number of aromatic nitrogens is 1. The number of sulfonamides is 1. The van der Waals surface area contributed by atoms with Gasteiger partial charge in [-0.15, -0.1) is 0 Å². The van der Waals surface area contributed by atoms with Crippen molar-refractivity contribution in [2.45, 2.75) is 18.6 Å². The van der Waals surface area contributed by atoms with Crippen LogP contribution in [0.15, 0.2) is 24.3 Å². The molecule has 122 valence electrons. The third-order valence-corrected chi connectivity index (χ3v) is 5.90. The van der Waals surface area contributed by atoms with Crippen LogP contribution in [0.25, 0.3) is 0 Å². The number of rotatable bonds is 4. The lowest BCUT2D eigenvalue weighted by molar-refractivity contribution is 0.0960. The Morgan fingerprint density at radius 2 is 2.04 bits per heavy atom. The van der Waals surface area contributed by atoms with Crippen molar-refractivity contribution >= 4 is 44.0 Å². The lowest BCUT2D eigenvalue weighted by Crippen LogP contribution is -2.21. The van der Waals surface area contributed by atoms with Crippen LogP contribution in [0.5, 0.6) is 0 Å². The highest BCUT2D eigenvalue weighted by molar-refractivity contribution is 7.92. The maximum absolute atomic E-state index is 12.2. The van der Waals surface area contributed by atoms with Crippen molar-refractivity contribution in [3.8, 4) is 0 Å². The summed E-state index contributed by atoms with van der Waals surface area (Å²) in [5.74, 6) is -0.376. The Balaban J connectivity index is 1.77. The summed E-state index contributed by atoms with van der Waals surface area (Å²) in [6, 6.07) is 6.60. The number of carbonyl (C=O) groups is 1. The summed E-state index contributed by atoms with van der Waals surface area (Å²) in [5.41, 5.74) is 1.27. The maximum Gasteiger partial charge on any atom is 0.263 e. The van der Waals surface area contributed by atoms with Crippen LogP contribution >= 0.6 is 22.9 Å². The first kappa shape index (κ1) is 16.2. The standard InChI is InChI=1S/C14H14ClN3O3S2/c15-10-5-3-9(4-6-10)8-23(20,21)18-14-17-11-2-1-7-16-13(19)12(11)22-14/h3-6H,1-2,7-8H2,(H,16,19)(H,17,18). The van der Waals surface area contributed by atoms with Gasteiger partial charge in [0.1, 0.15) is 4.88 Å². The molecule has 0 bridgehead atoms. The van der Waals surface area contributed by atoms with Gasteiger partial charge in [0, 0.05) is 11.6 Å². The highest BCUT2D eigenvalue weighted by Crippen LogP contribution is 2.26. The molecule has 0 spiro atoms. The zero-order valence-corrected chi connectivity index (χ0v) is 14.4. The molecule has 0 saturated carbocycles. The van der Waals surface area contributed by atoms with E-state index in [1.165, 1.54) is 0 Å². The zero-order valence-electron chi connectivity index (χ0n) is 12.0. The number of nitrogens with one attached hydrogen (secondary N) is 2. The Hall–Kier alpha value is -1.64. The maximum atomic E-state index is 12.2. The van der Waals surface area contributed by atoms with E-state index in [9.17, 15) is 13.2 Å². The van der Waals surface area contributed by atoms with Crippen LogP contribution in [-0.4, -0.2) is 25.9 Å². The Morgan fingerprint density at radius 3 is 2.78 bits per heavy atom. The predicted octanol–water partition coefficient (Wildman–Crippen LogP) is 2.41. The fourth-order valence-corrected chi connectivity index (χ4v) is 4.72. The number of anilines is 1. The van der Waals surface area contributed by atoms with E-state index in [0.717, 1.165) is 17.8 Å². The molecule has 1 amide bonds. The molecule has 1 aromatic carbocycles. The van der Waals surface area contributed by atoms with E-state index in [1.807, 2.05) is 0 Å². The summed E-state index contributed by atoms with van der Waals surface area (Å²) in [7, 11) is -3.60. The molecule has 9 heteroatoms. The molecule has 0 atom stereocenters.